The van der Waals surface area contributed by atoms with Crippen molar-refractivity contribution in [2.24, 2.45) is 29.1 Å². The Morgan fingerprint density at radius 2 is 0.390 bits per heavy atom. The Morgan fingerprint density at radius 1 is 0.247 bits per heavy atom. The van der Waals surface area contributed by atoms with Gasteiger partial charge in [-0.25, -0.2) is 0 Å². The molecule has 4 unspecified atom stereocenters. The number of thiocarbonyl (C=S) groups is 4. The van der Waals surface area contributed by atoms with Crippen molar-refractivity contribution in [3.05, 3.63) is 0 Å². The summed E-state index contributed by atoms with van der Waals surface area (Å²) in [5.74, 6) is 3.64. The second kappa shape index (κ2) is 69.7. The summed E-state index contributed by atoms with van der Waals surface area (Å²) in [7, 11) is 0. The smallest absolute Gasteiger partial charge is 0.156 e. The average molecular weight is 1170 g/mol. The molecule has 464 valence electrons. The highest BCUT2D eigenvalue weighted by atomic mass is 32.1. The molecular weight excluding hydrogens is 1040 g/mol. The van der Waals surface area contributed by atoms with Gasteiger partial charge in [0, 0.05) is 25.7 Å². The number of rotatable bonds is 52. The lowest BCUT2D eigenvalue weighted by Crippen LogP contribution is -2.37. The molecule has 12 heteroatoms. The number of unbranched alkanes of at least 4 members (excludes halogenated alkanes) is 16. The zero-order chi connectivity index (χ0) is 59.1. The summed E-state index contributed by atoms with van der Waals surface area (Å²) in [4.78, 5) is 0. The van der Waals surface area contributed by atoms with Gasteiger partial charge in [0.1, 0.15) is 0 Å². The maximum Gasteiger partial charge on any atom is 0.156 e. The van der Waals surface area contributed by atoms with Gasteiger partial charge in [-0.2, -0.15) is 0 Å². The zero-order valence-electron chi connectivity index (χ0n) is 52.0. The van der Waals surface area contributed by atoms with Crippen molar-refractivity contribution in [2.75, 3.05) is 26.4 Å². The Morgan fingerprint density at radius 3 is 0.506 bits per heavy atom. The first kappa shape index (κ1) is 85.2. The Balaban J connectivity index is -0.000000284. The second-order valence-corrected chi connectivity index (χ2v) is 24.6. The second-order valence-electron chi connectivity index (χ2n) is 22.7. The van der Waals surface area contributed by atoms with Crippen LogP contribution in [-0.4, -0.2) is 87.5 Å². The summed E-state index contributed by atoms with van der Waals surface area (Å²) < 4.78 is 0. The third kappa shape index (κ3) is 71.5. The lowest BCUT2D eigenvalue weighted by Gasteiger charge is -2.23. The highest BCUT2D eigenvalue weighted by Crippen LogP contribution is 2.26. The quantitative estimate of drug-likeness (QED) is 0.0215. The Kier molecular flexibility index (Phi) is 77.1. The van der Waals surface area contributed by atoms with Gasteiger partial charge in [0.05, 0.1) is 31.8 Å². The molecule has 0 aliphatic carbocycles. The summed E-state index contributed by atoms with van der Waals surface area (Å²) in [6, 6.07) is 0. The average Bonchev–Trinajstić information content (AvgIpc) is 3.41. The third-order valence-electron chi connectivity index (χ3n) is 15.1. The van der Waals surface area contributed by atoms with E-state index in [2.05, 4.69) is 104 Å². The molecule has 0 fully saturated rings. The molecular formula is C65H132O8S4. The van der Waals surface area contributed by atoms with Crippen molar-refractivity contribution in [1.82, 2.24) is 0 Å². The molecule has 0 saturated carbocycles. The predicted molar refractivity (Wildman–Crippen MR) is 354 cm³/mol. The van der Waals surface area contributed by atoms with Gasteiger partial charge >= 0.3 is 0 Å². The standard InChI is InChI=1S/4C15H30OS.C5H12O4/c4*1-3-5-7-11-14(10-6-4-2)12-8-9-13-15(16)17;6-1-5(2-7,3-8)4-9/h4*14H,3-13H2,1-2H3,(H,16,17);6-9H,1-4H2. The molecule has 0 spiro atoms. The lowest BCUT2D eigenvalue weighted by atomic mass is 9.90. The van der Waals surface area contributed by atoms with Gasteiger partial charge < -0.3 is 40.9 Å². The van der Waals surface area contributed by atoms with Crippen molar-refractivity contribution in [2.45, 2.75) is 338 Å². The third-order valence-corrected chi connectivity index (χ3v) is 15.9. The molecule has 0 amide bonds. The van der Waals surface area contributed by atoms with Gasteiger partial charge in [-0.05, 0) is 98.2 Å². The van der Waals surface area contributed by atoms with E-state index in [1.54, 1.807) is 0 Å². The lowest BCUT2D eigenvalue weighted by molar-refractivity contribution is -0.0328. The van der Waals surface area contributed by atoms with Crippen molar-refractivity contribution in [1.29, 1.82) is 0 Å². The van der Waals surface area contributed by atoms with E-state index >= 15 is 0 Å². The molecule has 0 aromatic carbocycles. The minimum Gasteiger partial charge on any atom is -0.502 e. The van der Waals surface area contributed by atoms with E-state index < -0.39 is 31.8 Å². The van der Waals surface area contributed by atoms with E-state index in [-0.39, 0.29) is 20.2 Å². The molecule has 4 atom stereocenters. The summed E-state index contributed by atoms with van der Waals surface area (Å²) in [6.07, 6.45) is 55.5. The topological polar surface area (TPSA) is 162 Å². The van der Waals surface area contributed by atoms with Gasteiger partial charge in [0.15, 0.2) is 20.2 Å². The minimum atomic E-state index is -1.11. The molecule has 0 aromatic rings. The highest BCUT2D eigenvalue weighted by Gasteiger charge is 2.26. The van der Waals surface area contributed by atoms with Crippen molar-refractivity contribution in [3.8, 4) is 0 Å². The summed E-state index contributed by atoms with van der Waals surface area (Å²) in [5.41, 5.74) is -1.11. The van der Waals surface area contributed by atoms with Crippen molar-refractivity contribution < 1.29 is 40.9 Å². The molecule has 77 heavy (non-hydrogen) atoms. The van der Waals surface area contributed by atoms with E-state index in [1.165, 1.54) is 231 Å². The number of aliphatic hydroxyl groups excluding tert-OH is 8. The van der Waals surface area contributed by atoms with Crippen LogP contribution >= 0.6 is 48.9 Å². The van der Waals surface area contributed by atoms with Crippen LogP contribution < -0.4 is 0 Å². The molecule has 0 saturated heterocycles. The maximum absolute atomic E-state index is 8.96. The van der Waals surface area contributed by atoms with Crippen LogP contribution in [0.2, 0.25) is 0 Å². The molecule has 0 aromatic heterocycles. The molecule has 8 nitrogen and oxygen atoms in total. The van der Waals surface area contributed by atoms with Gasteiger partial charge in [0.25, 0.3) is 0 Å². The van der Waals surface area contributed by atoms with Gasteiger partial charge in [-0.1, -0.05) is 287 Å². The summed E-state index contributed by atoms with van der Waals surface area (Å²) >= 11 is 18.7. The van der Waals surface area contributed by atoms with Crippen molar-refractivity contribution >= 4 is 69.1 Å². The first-order valence-corrected chi connectivity index (χ1v) is 34.0. The van der Waals surface area contributed by atoms with E-state index in [0.29, 0.717) is 25.7 Å². The Hall–Kier alpha value is -0.600. The van der Waals surface area contributed by atoms with E-state index in [0.717, 1.165) is 49.4 Å². The summed E-state index contributed by atoms with van der Waals surface area (Å²) in [5, 5.41) is 70.6. The SMILES string of the molecule is CCCCCC(CCCC)CCCCC(O)=S.CCCCCC(CCCC)CCCCC(O)=S.CCCCCC(CCCC)CCCCC(O)=S.CCCCCC(CCCC)CCCCC(O)=S.OCC(CO)(CO)CO. The number of hydrogen-bond donors (Lipinski definition) is 8. The Labute approximate surface area is 500 Å². The Bertz CT molecular complexity index is 1030. The van der Waals surface area contributed by atoms with Crippen LogP contribution in [0.1, 0.15) is 338 Å². The van der Waals surface area contributed by atoms with E-state index in [1.807, 2.05) is 0 Å². The number of aliphatic hydroxyl groups is 8. The first-order chi connectivity index (χ1) is 37.1. The largest absolute Gasteiger partial charge is 0.502 e. The predicted octanol–water partition coefficient (Wildman–Crippen LogP) is 21.2. The van der Waals surface area contributed by atoms with Crippen LogP contribution in [0, 0.1) is 29.1 Å². The normalized spacial score (nSPS) is 12.5. The van der Waals surface area contributed by atoms with Gasteiger partial charge in [-0.15, -0.1) is 0 Å². The number of hydrogen-bond acceptors (Lipinski definition) is 8. The monoisotopic (exact) mass is 1170 g/mol. The molecule has 0 radical (unpaired) electrons. The van der Waals surface area contributed by atoms with E-state index in [4.69, 9.17) is 40.9 Å². The first-order valence-electron chi connectivity index (χ1n) is 32.4. The molecule has 8 N–H and O–H groups in total. The van der Waals surface area contributed by atoms with Crippen LogP contribution in [0.25, 0.3) is 0 Å². The fourth-order valence-electron chi connectivity index (χ4n) is 9.57. The maximum atomic E-state index is 8.96. The minimum absolute atomic E-state index is 0.182. The van der Waals surface area contributed by atoms with Gasteiger partial charge in [-0.3, -0.25) is 0 Å². The van der Waals surface area contributed by atoms with Crippen LogP contribution in [-0.2, 0) is 0 Å². The fourth-order valence-corrected chi connectivity index (χ4v) is 10.1. The van der Waals surface area contributed by atoms with Crippen LogP contribution in [0.5, 0.6) is 0 Å². The van der Waals surface area contributed by atoms with Crippen LogP contribution in [0.3, 0.4) is 0 Å². The molecule has 0 aliphatic heterocycles. The molecule has 0 heterocycles. The van der Waals surface area contributed by atoms with Crippen LogP contribution in [0.15, 0.2) is 0 Å². The summed E-state index contributed by atoms with van der Waals surface area (Å²) in [6.45, 7) is 16.5. The van der Waals surface area contributed by atoms with Gasteiger partial charge in [0.2, 0.25) is 0 Å². The van der Waals surface area contributed by atoms with E-state index in [9.17, 15) is 0 Å². The molecule has 0 bridgehead atoms. The fraction of sp³-hybridized carbons (Fsp3) is 0.938. The molecule has 0 rings (SSSR count). The zero-order valence-corrected chi connectivity index (χ0v) is 55.2. The molecule has 0 aliphatic rings. The highest BCUT2D eigenvalue weighted by molar-refractivity contribution is 7.80. The van der Waals surface area contributed by atoms with Crippen molar-refractivity contribution in [3.63, 3.8) is 0 Å². The van der Waals surface area contributed by atoms with Crippen LogP contribution in [0.4, 0.5) is 0 Å².